The average molecular weight is 281 g/mol. The third kappa shape index (κ3) is 3.13. The molecule has 0 amide bonds. The summed E-state index contributed by atoms with van der Waals surface area (Å²) in [4.78, 5) is 0. The third-order valence-electron chi connectivity index (χ3n) is 3.73. The minimum atomic E-state index is -0.412. The Kier molecular flexibility index (Phi) is 3.82. The molecule has 4 heteroatoms. The molecule has 1 heterocycles. The number of nitrogens with two attached hydrogens (primary N) is 1. The minimum absolute atomic E-state index is 0.128. The van der Waals surface area contributed by atoms with E-state index in [9.17, 15) is 4.39 Å². The van der Waals surface area contributed by atoms with Gasteiger partial charge in [-0.05, 0) is 40.7 Å². The van der Waals surface area contributed by atoms with Crippen LogP contribution in [0.1, 0.15) is 52.6 Å². The molecule has 1 aromatic rings. The zero-order valence-corrected chi connectivity index (χ0v) is 12.9. The van der Waals surface area contributed by atoms with Crippen molar-refractivity contribution in [1.82, 2.24) is 0 Å². The Bertz CT molecular complexity index is 497. The first-order valence-electron chi connectivity index (χ1n) is 7.02. The van der Waals surface area contributed by atoms with E-state index in [1.807, 2.05) is 34.6 Å². The third-order valence-corrected chi connectivity index (χ3v) is 3.73. The van der Waals surface area contributed by atoms with Crippen molar-refractivity contribution in [3.05, 3.63) is 29.6 Å². The van der Waals surface area contributed by atoms with E-state index in [2.05, 4.69) is 0 Å². The van der Waals surface area contributed by atoms with E-state index in [-0.39, 0.29) is 23.6 Å². The Labute approximate surface area is 120 Å². The van der Waals surface area contributed by atoms with Crippen molar-refractivity contribution in [3.8, 4) is 5.75 Å². The van der Waals surface area contributed by atoms with E-state index in [4.69, 9.17) is 15.2 Å². The van der Waals surface area contributed by atoms with Gasteiger partial charge in [-0.25, -0.2) is 4.39 Å². The number of rotatable bonds is 3. The highest BCUT2D eigenvalue weighted by Crippen LogP contribution is 2.40. The molecule has 1 aliphatic rings. The summed E-state index contributed by atoms with van der Waals surface area (Å²) in [5, 5.41) is 0. The smallest absolute Gasteiger partial charge is 0.130 e. The van der Waals surface area contributed by atoms with Crippen LogP contribution in [0.25, 0.3) is 0 Å². The van der Waals surface area contributed by atoms with Crippen LogP contribution < -0.4 is 10.5 Å². The van der Waals surface area contributed by atoms with Crippen molar-refractivity contribution in [3.63, 3.8) is 0 Å². The SMILES string of the molecule is CC(N)c1ccc(F)cc1OC1CC(C)(C)OC1(C)C. The topological polar surface area (TPSA) is 44.5 Å². The lowest BCUT2D eigenvalue weighted by Gasteiger charge is -2.28. The van der Waals surface area contributed by atoms with Crippen LogP contribution in [0.5, 0.6) is 5.75 Å². The second-order valence-corrected chi connectivity index (χ2v) is 6.75. The quantitative estimate of drug-likeness (QED) is 0.921. The Morgan fingerprint density at radius 1 is 1.35 bits per heavy atom. The maximum absolute atomic E-state index is 13.5. The standard InChI is InChI=1S/C16H24FNO2/c1-10(18)12-7-6-11(17)8-13(12)19-14-9-15(2,3)20-16(14,4)5/h6-8,10,14H,9,18H2,1-5H3. The van der Waals surface area contributed by atoms with Gasteiger partial charge in [0.1, 0.15) is 23.3 Å². The fraction of sp³-hybridized carbons (Fsp3) is 0.625. The molecule has 1 aliphatic heterocycles. The van der Waals surface area contributed by atoms with Crippen LogP contribution in [0.2, 0.25) is 0 Å². The molecule has 20 heavy (non-hydrogen) atoms. The molecule has 3 nitrogen and oxygen atoms in total. The summed E-state index contributed by atoms with van der Waals surface area (Å²) in [5.74, 6) is 0.194. The predicted molar refractivity (Wildman–Crippen MR) is 77.3 cm³/mol. The second kappa shape index (κ2) is 5.01. The van der Waals surface area contributed by atoms with Gasteiger partial charge < -0.3 is 15.2 Å². The van der Waals surface area contributed by atoms with Gasteiger partial charge in [-0.15, -0.1) is 0 Å². The van der Waals surface area contributed by atoms with Crippen LogP contribution in [-0.4, -0.2) is 17.3 Å². The Hall–Kier alpha value is -1.13. The van der Waals surface area contributed by atoms with Gasteiger partial charge in [0.15, 0.2) is 0 Å². The van der Waals surface area contributed by atoms with Crippen molar-refractivity contribution in [2.24, 2.45) is 5.73 Å². The van der Waals surface area contributed by atoms with Crippen LogP contribution in [0, 0.1) is 5.82 Å². The molecule has 0 saturated carbocycles. The second-order valence-electron chi connectivity index (χ2n) is 6.75. The summed E-state index contributed by atoms with van der Waals surface area (Å²) in [5.41, 5.74) is 6.09. The minimum Gasteiger partial charge on any atom is -0.487 e. The van der Waals surface area contributed by atoms with E-state index >= 15 is 0 Å². The molecule has 2 unspecified atom stereocenters. The molecule has 1 aromatic carbocycles. The summed E-state index contributed by atoms with van der Waals surface area (Å²) in [6, 6.07) is 4.29. The van der Waals surface area contributed by atoms with Crippen LogP contribution >= 0.6 is 0 Å². The number of ether oxygens (including phenoxy) is 2. The first-order valence-corrected chi connectivity index (χ1v) is 7.02. The molecule has 2 rings (SSSR count). The van der Waals surface area contributed by atoms with Crippen molar-refractivity contribution in [2.75, 3.05) is 0 Å². The Morgan fingerprint density at radius 3 is 2.50 bits per heavy atom. The van der Waals surface area contributed by atoms with Gasteiger partial charge in [0, 0.05) is 24.1 Å². The van der Waals surface area contributed by atoms with E-state index in [0.29, 0.717) is 5.75 Å². The molecule has 0 spiro atoms. The summed E-state index contributed by atoms with van der Waals surface area (Å²) in [7, 11) is 0. The van der Waals surface area contributed by atoms with Crippen LogP contribution in [-0.2, 0) is 4.74 Å². The van der Waals surface area contributed by atoms with Gasteiger partial charge in [-0.3, -0.25) is 0 Å². The van der Waals surface area contributed by atoms with Gasteiger partial charge >= 0.3 is 0 Å². The van der Waals surface area contributed by atoms with Gasteiger partial charge in [-0.2, -0.15) is 0 Å². The fourth-order valence-corrected chi connectivity index (χ4v) is 2.84. The molecule has 112 valence electrons. The van der Waals surface area contributed by atoms with Crippen molar-refractivity contribution in [2.45, 2.75) is 64.4 Å². The normalized spacial score (nSPS) is 25.4. The zero-order chi connectivity index (χ0) is 15.1. The zero-order valence-electron chi connectivity index (χ0n) is 12.9. The molecule has 1 fully saturated rings. The Balaban J connectivity index is 2.28. The Morgan fingerprint density at radius 2 is 2.00 bits per heavy atom. The lowest BCUT2D eigenvalue weighted by Crippen LogP contribution is -2.37. The van der Waals surface area contributed by atoms with Gasteiger partial charge in [0.05, 0.1) is 5.60 Å². The highest BCUT2D eigenvalue weighted by Gasteiger charge is 2.47. The fourth-order valence-electron chi connectivity index (χ4n) is 2.84. The van der Waals surface area contributed by atoms with Crippen molar-refractivity contribution >= 4 is 0 Å². The summed E-state index contributed by atoms with van der Waals surface area (Å²) >= 11 is 0. The summed E-state index contributed by atoms with van der Waals surface area (Å²) in [6.45, 7) is 9.93. The van der Waals surface area contributed by atoms with E-state index in [1.165, 1.54) is 12.1 Å². The molecule has 1 saturated heterocycles. The molecular formula is C16H24FNO2. The summed E-state index contributed by atoms with van der Waals surface area (Å²) < 4.78 is 25.5. The first kappa shape index (κ1) is 15.3. The van der Waals surface area contributed by atoms with E-state index in [1.54, 1.807) is 6.07 Å². The number of benzene rings is 1. The molecular weight excluding hydrogens is 257 g/mol. The van der Waals surface area contributed by atoms with Crippen LogP contribution in [0.3, 0.4) is 0 Å². The monoisotopic (exact) mass is 281 g/mol. The highest BCUT2D eigenvalue weighted by molar-refractivity contribution is 5.36. The molecule has 2 atom stereocenters. The van der Waals surface area contributed by atoms with Gasteiger partial charge in [-0.1, -0.05) is 6.07 Å². The first-order chi connectivity index (χ1) is 9.11. The number of hydrogen-bond donors (Lipinski definition) is 1. The van der Waals surface area contributed by atoms with Crippen LogP contribution in [0.4, 0.5) is 4.39 Å². The number of halogens is 1. The number of hydrogen-bond acceptors (Lipinski definition) is 3. The van der Waals surface area contributed by atoms with Gasteiger partial charge in [0.25, 0.3) is 0 Å². The van der Waals surface area contributed by atoms with Crippen molar-refractivity contribution in [1.29, 1.82) is 0 Å². The molecule has 2 N–H and O–H groups in total. The van der Waals surface area contributed by atoms with Crippen LogP contribution in [0.15, 0.2) is 18.2 Å². The predicted octanol–water partition coefficient (Wildman–Crippen LogP) is 3.57. The van der Waals surface area contributed by atoms with Crippen molar-refractivity contribution < 1.29 is 13.9 Å². The largest absolute Gasteiger partial charge is 0.487 e. The lowest BCUT2D eigenvalue weighted by molar-refractivity contribution is -0.0847. The highest BCUT2D eigenvalue weighted by atomic mass is 19.1. The van der Waals surface area contributed by atoms with Gasteiger partial charge in [0.2, 0.25) is 0 Å². The molecule has 0 aliphatic carbocycles. The average Bonchev–Trinajstić information content (AvgIpc) is 2.46. The van der Waals surface area contributed by atoms with E-state index < -0.39 is 5.60 Å². The maximum atomic E-state index is 13.5. The molecule has 0 bridgehead atoms. The molecule has 0 radical (unpaired) electrons. The lowest BCUT2D eigenvalue weighted by atomic mass is 9.97. The summed E-state index contributed by atoms with van der Waals surface area (Å²) in [6.07, 6.45) is 0.631. The molecule has 0 aromatic heterocycles. The maximum Gasteiger partial charge on any atom is 0.130 e. The van der Waals surface area contributed by atoms with E-state index in [0.717, 1.165) is 12.0 Å².